The standard InChI is InChI=1S/C28H33NO7S/c1-7-17(5)19-9-11-20(12-10-19)34-15-21-13-14-22(36-21)25(30)29-26-23(27(31)35-16(3)4)18(6)24(37-26)28(32)33-8-2/h9-14,16-17H,7-8,15H2,1-6H3,(H,29,30). The van der Waals surface area contributed by atoms with Gasteiger partial charge in [0.05, 0.1) is 18.3 Å². The zero-order chi connectivity index (χ0) is 27.1. The van der Waals surface area contributed by atoms with Crippen LogP contribution in [0.2, 0.25) is 0 Å². The summed E-state index contributed by atoms with van der Waals surface area (Å²) in [6.45, 7) is 11.4. The monoisotopic (exact) mass is 527 g/mol. The number of ether oxygens (including phenoxy) is 3. The van der Waals surface area contributed by atoms with E-state index in [-0.39, 0.29) is 40.5 Å². The van der Waals surface area contributed by atoms with Crippen molar-refractivity contribution in [3.05, 3.63) is 69.5 Å². The zero-order valence-corrected chi connectivity index (χ0v) is 22.8. The fourth-order valence-corrected chi connectivity index (χ4v) is 4.62. The molecule has 0 aliphatic heterocycles. The molecule has 1 aromatic carbocycles. The lowest BCUT2D eigenvalue weighted by Gasteiger charge is -2.10. The SMILES string of the molecule is CCOC(=O)c1sc(NC(=O)c2ccc(COc3ccc(C(C)CC)cc3)o2)c(C(=O)OC(C)C)c1C. The van der Waals surface area contributed by atoms with E-state index in [4.69, 9.17) is 18.6 Å². The van der Waals surface area contributed by atoms with Crippen LogP contribution >= 0.6 is 11.3 Å². The lowest BCUT2D eigenvalue weighted by atomic mass is 9.99. The first-order chi connectivity index (χ1) is 17.6. The van der Waals surface area contributed by atoms with Gasteiger partial charge in [0.1, 0.15) is 28.0 Å². The number of amides is 1. The average Bonchev–Trinajstić information content (AvgIpc) is 3.47. The normalized spacial score (nSPS) is 11.8. The molecule has 0 aliphatic rings. The first kappa shape index (κ1) is 28.0. The molecular weight excluding hydrogens is 494 g/mol. The van der Waals surface area contributed by atoms with Gasteiger partial charge in [-0.2, -0.15) is 0 Å². The van der Waals surface area contributed by atoms with E-state index < -0.39 is 17.8 Å². The van der Waals surface area contributed by atoms with E-state index in [1.54, 1.807) is 33.8 Å². The number of rotatable bonds is 11. The fraction of sp³-hybridized carbons (Fsp3) is 0.393. The Morgan fingerprint density at radius 2 is 1.70 bits per heavy atom. The van der Waals surface area contributed by atoms with Crippen molar-refractivity contribution in [1.82, 2.24) is 0 Å². The molecule has 2 aromatic heterocycles. The summed E-state index contributed by atoms with van der Waals surface area (Å²) in [6, 6.07) is 11.1. The Kier molecular flexibility index (Phi) is 9.52. The summed E-state index contributed by atoms with van der Waals surface area (Å²) in [5.74, 6) is -0.0971. The molecule has 1 amide bonds. The van der Waals surface area contributed by atoms with Gasteiger partial charge in [-0.05, 0) is 75.4 Å². The Balaban J connectivity index is 1.73. The summed E-state index contributed by atoms with van der Waals surface area (Å²) in [4.78, 5) is 38.3. The van der Waals surface area contributed by atoms with Crippen molar-refractivity contribution in [2.75, 3.05) is 11.9 Å². The Morgan fingerprint density at radius 1 is 1.00 bits per heavy atom. The molecule has 0 fully saturated rings. The highest BCUT2D eigenvalue weighted by Crippen LogP contribution is 2.35. The van der Waals surface area contributed by atoms with E-state index in [1.807, 2.05) is 24.3 Å². The predicted octanol–water partition coefficient (Wildman–Crippen LogP) is 6.74. The molecule has 0 aliphatic carbocycles. The number of anilines is 1. The van der Waals surface area contributed by atoms with Crippen LogP contribution in [0.5, 0.6) is 5.75 Å². The molecule has 198 valence electrons. The van der Waals surface area contributed by atoms with Gasteiger partial charge in [-0.1, -0.05) is 26.0 Å². The molecule has 37 heavy (non-hydrogen) atoms. The van der Waals surface area contributed by atoms with E-state index in [2.05, 4.69) is 19.2 Å². The molecule has 0 saturated heterocycles. The second kappa shape index (κ2) is 12.6. The largest absolute Gasteiger partial charge is 0.486 e. The van der Waals surface area contributed by atoms with E-state index in [0.717, 1.165) is 17.8 Å². The van der Waals surface area contributed by atoms with Gasteiger partial charge >= 0.3 is 11.9 Å². The number of carbonyl (C=O) groups is 3. The van der Waals surface area contributed by atoms with Crippen molar-refractivity contribution >= 4 is 34.2 Å². The molecule has 1 atom stereocenters. The second-order valence-electron chi connectivity index (χ2n) is 8.82. The van der Waals surface area contributed by atoms with Crippen LogP contribution in [0.4, 0.5) is 5.00 Å². The summed E-state index contributed by atoms with van der Waals surface area (Å²) in [5.41, 5.74) is 1.75. The van der Waals surface area contributed by atoms with Crippen molar-refractivity contribution in [1.29, 1.82) is 0 Å². The van der Waals surface area contributed by atoms with Crippen LogP contribution in [-0.2, 0) is 16.1 Å². The first-order valence-electron chi connectivity index (χ1n) is 12.3. The van der Waals surface area contributed by atoms with Gasteiger partial charge in [-0.15, -0.1) is 11.3 Å². The van der Waals surface area contributed by atoms with Gasteiger partial charge in [0.2, 0.25) is 0 Å². The van der Waals surface area contributed by atoms with Gasteiger partial charge in [-0.25, -0.2) is 9.59 Å². The Bertz CT molecular complexity index is 1240. The average molecular weight is 528 g/mol. The molecule has 1 unspecified atom stereocenters. The molecule has 0 saturated carbocycles. The van der Waals surface area contributed by atoms with E-state index in [1.165, 1.54) is 11.6 Å². The number of thiophene rings is 1. The van der Waals surface area contributed by atoms with Crippen LogP contribution in [0, 0.1) is 6.92 Å². The minimum Gasteiger partial charge on any atom is -0.486 e. The number of benzene rings is 1. The van der Waals surface area contributed by atoms with Gasteiger partial charge in [0.25, 0.3) is 5.91 Å². The van der Waals surface area contributed by atoms with E-state index >= 15 is 0 Å². The number of carbonyl (C=O) groups excluding carboxylic acids is 3. The molecule has 2 heterocycles. The lowest BCUT2D eigenvalue weighted by molar-refractivity contribution is 0.0379. The van der Waals surface area contributed by atoms with Crippen molar-refractivity contribution in [2.24, 2.45) is 0 Å². The number of furan rings is 1. The number of nitrogens with one attached hydrogen (secondary N) is 1. The Labute approximate surface area is 220 Å². The van der Waals surface area contributed by atoms with Crippen LogP contribution in [0.25, 0.3) is 0 Å². The second-order valence-corrected chi connectivity index (χ2v) is 9.84. The highest BCUT2D eigenvalue weighted by Gasteiger charge is 2.28. The summed E-state index contributed by atoms with van der Waals surface area (Å²) < 4.78 is 21.9. The molecule has 0 bridgehead atoms. The van der Waals surface area contributed by atoms with Crippen LogP contribution in [-0.4, -0.2) is 30.6 Å². The van der Waals surface area contributed by atoms with Gasteiger partial charge in [0, 0.05) is 0 Å². The van der Waals surface area contributed by atoms with Crippen molar-refractivity contribution in [2.45, 2.75) is 66.6 Å². The lowest BCUT2D eigenvalue weighted by Crippen LogP contribution is -2.16. The number of hydrogen-bond acceptors (Lipinski definition) is 8. The van der Waals surface area contributed by atoms with E-state index in [0.29, 0.717) is 23.0 Å². The first-order valence-corrected chi connectivity index (χ1v) is 13.1. The van der Waals surface area contributed by atoms with Gasteiger partial charge < -0.3 is 23.9 Å². The van der Waals surface area contributed by atoms with Crippen molar-refractivity contribution < 1.29 is 33.0 Å². The quantitative estimate of drug-likeness (QED) is 0.276. The third-order valence-electron chi connectivity index (χ3n) is 5.71. The highest BCUT2D eigenvalue weighted by molar-refractivity contribution is 7.18. The Morgan fingerprint density at radius 3 is 2.32 bits per heavy atom. The molecule has 9 heteroatoms. The Hall–Kier alpha value is -3.59. The third kappa shape index (κ3) is 7.01. The zero-order valence-electron chi connectivity index (χ0n) is 22.0. The van der Waals surface area contributed by atoms with Crippen LogP contribution in [0.15, 0.2) is 40.8 Å². The summed E-state index contributed by atoms with van der Waals surface area (Å²) in [6.07, 6.45) is 0.688. The minimum absolute atomic E-state index is 0.0395. The maximum atomic E-state index is 12.9. The van der Waals surface area contributed by atoms with Crippen LogP contribution in [0.3, 0.4) is 0 Å². The maximum absolute atomic E-state index is 12.9. The summed E-state index contributed by atoms with van der Waals surface area (Å²) >= 11 is 0.958. The van der Waals surface area contributed by atoms with Crippen molar-refractivity contribution in [3.8, 4) is 5.75 Å². The topological polar surface area (TPSA) is 104 Å². The third-order valence-corrected chi connectivity index (χ3v) is 6.90. The molecule has 0 radical (unpaired) electrons. The minimum atomic E-state index is -0.637. The molecule has 3 aromatic rings. The van der Waals surface area contributed by atoms with Gasteiger partial charge in [-0.3, -0.25) is 4.79 Å². The fourth-order valence-electron chi connectivity index (χ4n) is 3.54. The molecular formula is C28H33NO7S. The molecule has 3 rings (SSSR count). The van der Waals surface area contributed by atoms with Crippen molar-refractivity contribution in [3.63, 3.8) is 0 Å². The number of esters is 2. The predicted molar refractivity (Wildman–Crippen MR) is 142 cm³/mol. The molecule has 8 nitrogen and oxygen atoms in total. The molecule has 0 spiro atoms. The maximum Gasteiger partial charge on any atom is 0.348 e. The van der Waals surface area contributed by atoms with Gasteiger partial charge in [0.15, 0.2) is 5.76 Å². The highest BCUT2D eigenvalue weighted by atomic mass is 32.1. The summed E-state index contributed by atoms with van der Waals surface area (Å²) in [7, 11) is 0. The van der Waals surface area contributed by atoms with Crippen LogP contribution in [0.1, 0.15) is 94.4 Å². The molecule has 1 N–H and O–H groups in total. The smallest absolute Gasteiger partial charge is 0.348 e. The van der Waals surface area contributed by atoms with E-state index in [9.17, 15) is 14.4 Å². The summed E-state index contributed by atoms with van der Waals surface area (Å²) in [5, 5.41) is 2.87. The van der Waals surface area contributed by atoms with Crippen LogP contribution < -0.4 is 10.1 Å². The number of hydrogen-bond donors (Lipinski definition) is 1.